The lowest BCUT2D eigenvalue weighted by Crippen LogP contribution is -2.46. The summed E-state index contributed by atoms with van der Waals surface area (Å²) in [6.45, 7) is 4.60. The average molecular weight is 492 g/mol. The van der Waals surface area contributed by atoms with E-state index in [1.165, 1.54) is 45.2 Å². The molecule has 11 heteroatoms. The van der Waals surface area contributed by atoms with Crippen molar-refractivity contribution in [1.82, 2.24) is 10.0 Å². The summed E-state index contributed by atoms with van der Waals surface area (Å²) in [6.07, 6.45) is -0.142. The predicted octanol–water partition coefficient (Wildman–Crippen LogP) is 2.13. The van der Waals surface area contributed by atoms with Crippen LogP contribution in [0.1, 0.15) is 38.8 Å². The fourth-order valence-electron chi connectivity index (χ4n) is 3.07. The summed E-state index contributed by atoms with van der Waals surface area (Å²) in [5.41, 5.74) is 1.04. The number of esters is 1. The number of ether oxygens (including phenoxy) is 2. The maximum Gasteiger partial charge on any atom is 0.308 e. The highest BCUT2D eigenvalue weighted by Crippen LogP contribution is 2.23. The molecule has 0 saturated heterocycles. The summed E-state index contributed by atoms with van der Waals surface area (Å²) in [5, 5.41) is 5.26. The van der Waals surface area contributed by atoms with Crippen LogP contribution < -0.4 is 20.1 Å². The molecule has 0 aliphatic heterocycles. The molecule has 0 saturated carbocycles. The van der Waals surface area contributed by atoms with Gasteiger partial charge in [-0.3, -0.25) is 14.4 Å². The van der Waals surface area contributed by atoms with E-state index in [9.17, 15) is 22.8 Å². The maximum atomic E-state index is 12.8. The van der Waals surface area contributed by atoms with E-state index in [1.807, 2.05) is 0 Å². The van der Waals surface area contributed by atoms with Crippen molar-refractivity contribution in [2.75, 3.05) is 19.0 Å². The zero-order valence-corrected chi connectivity index (χ0v) is 20.3. The first-order chi connectivity index (χ1) is 16.1. The maximum absolute atomic E-state index is 12.8. The molecule has 2 aromatic carbocycles. The third kappa shape index (κ3) is 7.85. The molecular formula is C23H29N3O7S. The second-order valence-corrected chi connectivity index (χ2v) is 9.11. The molecule has 0 bridgehead atoms. The molecule has 34 heavy (non-hydrogen) atoms. The minimum absolute atomic E-state index is 0.0721. The van der Waals surface area contributed by atoms with Crippen molar-refractivity contribution in [3.8, 4) is 5.75 Å². The quantitative estimate of drug-likeness (QED) is 0.409. The summed E-state index contributed by atoms with van der Waals surface area (Å²) >= 11 is 0. The number of amides is 2. The van der Waals surface area contributed by atoms with Gasteiger partial charge in [0, 0.05) is 12.6 Å². The zero-order valence-electron chi connectivity index (χ0n) is 19.5. The summed E-state index contributed by atoms with van der Waals surface area (Å²) in [7, 11) is -2.53. The Morgan fingerprint density at radius 2 is 1.74 bits per heavy atom. The van der Waals surface area contributed by atoms with Gasteiger partial charge in [0.05, 0.1) is 37.1 Å². The predicted molar refractivity (Wildman–Crippen MR) is 126 cm³/mol. The second kappa shape index (κ2) is 12.1. The van der Waals surface area contributed by atoms with E-state index in [1.54, 1.807) is 31.2 Å². The highest BCUT2D eigenvalue weighted by Gasteiger charge is 2.26. The van der Waals surface area contributed by atoms with Crippen LogP contribution in [0.4, 0.5) is 5.69 Å². The van der Waals surface area contributed by atoms with Crippen LogP contribution in [0.5, 0.6) is 5.75 Å². The molecule has 10 nitrogen and oxygen atoms in total. The van der Waals surface area contributed by atoms with Gasteiger partial charge < -0.3 is 20.1 Å². The van der Waals surface area contributed by atoms with Crippen LogP contribution in [0, 0.1) is 0 Å². The summed E-state index contributed by atoms with van der Waals surface area (Å²) in [6, 6.07) is 10.5. The van der Waals surface area contributed by atoms with Crippen LogP contribution >= 0.6 is 0 Å². The van der Waals surface area contributed by atoms with Crippen molar-refractivity contribution < 1.29 is 32.3 Å². The molecule has 0 aliphatic rings. The van der Waals surface area contributed by atoms with Gasteiger partial charge in [-0.05, 0) is 55.8 Å². The molecule has 3 N–H and O–H groups in total. The van der Waals surface area contributed by atoms with Crippen molar-refractivity contribution in [2.24, 2.45) is 0 Å². The van der Waals surface area contributed by atoms with Crippen molar-refractivity contribution in [2.45, 2.75) is 44.2 Å². The molecule has 0 spiro atoms. The summed E-state index contributed by atoms with van der Waals surface area (Å²) in [4.78, 5) is 36.0. The molecule has 0 heterocycles. The lowest BCUT2D eigenvalue weighted by molar-refractivity contribution is -0.143. The SMILES string of the molecule is CCOC(=O)CC(NC(=O)[C@H](C)NS(=O)(=O)c1ccc(NC(C)=O)cc1)c1cccc(OC)c1. The largest absolute Gasteiger partial charge is 0.497 e. The smallest absolute Gasteiger partial charge is 0.308 e. The molecule has 0 aliphatic carbocycles. The Morgan fingerprint density at radius 3 is 2.32 bits per heavy atom. The van der Waals surface area contributed by atoms with Crippen LogP contribution in [-0.2, 0) is 29.1 Å². The van der Waals surface area contributed by atoms with E-state index in [4.69, 9.17) is 9.47 Å². The van der Waals surface area contributed by atoms with Gasteiger partial charge in [0.15, 0.2) is 0 Å². The Bertz CT molecular complexity index is 1120. The number of hydrogen-bond acceptors (Lipinski definition) is 7. The number of sulfonamides is 1. The molecule has 2 aromatic rings. The van der Waals surface area contributed by atoms with Gasteiger partial charge in [-0.15, -0.1) is 0 Å². The lowest BCUT2D eigenvalue weighted by atomic mass is 10.0. The normalized spacial score (nSPS) is 12.8. The van der Waals surface area contributed by atoms with Gasteiger partial charge >= 0.3 is 5.97 Å². The van der Waals surface area contributed by atoms with E-state index >= 15 is 0 Å². The molecule has 0 radical (unpaired) electrons. The van der Waals surface area contributed by atoms with Gasteiger partial charge in [0.1, 0.15) is 5.75 Å². The minimum atomic E-state index is -4.03. The first-order valence-corrected chi connectivity index (χ1v) is 12.0. The Labute approximate surface area is 199 Å². The minimum Gasteiger partial charge on any atom is -0.497 e. The van der Waals surface area contributed by atoms with Gasteiger partial charge in [-0.2, -0.15) is 4.72 Å². The lowest BCUT2D eigenvalue weighted by Gasteiger charge is -2.22. The molecule has 1 unspecified atom stereocenters. The standard InChI is InChI=1S/C23H29N3O7S/c1-5-33-22(28)14-21(17-7-6-8-19(13-17)32-4)25-23(29)15(2)26-34(30,31)20-11-9-18(10-12-20)24-16(3)27/h6-13,15,21,26H,5,14H2,1-4H3,(H,24,27)(H,25,29)/t15-,21?/m0/s1. The first-order valence-electron chi connectivity index (χ1n) is 10.6. The van der Waals surface area contributed by atoms with Crippen LogP contribution in [0.25, 0.3) is 0 Å². The van der Waals surface area contributed by atoms with Crippen molar-refractivity contribution >= 4 is 33.5 Å². The molecule has 2 rings (SSSR count). The Morgan fingerprint density at radius 1 is 1.06 bits per heavy atom. The monoisotopic (exact) mass is 491 g/mol. The second-order valence-electron chi connectivity index (χ2n) is 7.40. The topological polar surface area (TPSA) is 140 Å². The Balaban J connectivity index is 2.15. The highest BCUT2D eigenvalue weighted by atomic mass is 32.2. The van der Waals surface area contributed by atoms with E-state index < -0.39 is 34.0 Å². The highest BCUT2D eigenvalue weighted by molar-refractivity contribution is 7.89. The zero-order chi connectivity index (χ0) is 25.3. The van der Waals surface area contributed by atoms with Crippen LogP contribution in [-0.4, -0.2) is 46.0 Å². The number of carbonyl (C=O) groups is 3. The van der Waals surface area contributed by atoms with Crippen LogP contribution in [0.2, 0.25) is 0 Å². The van der Waals surface area contributed by atoms with Gasteiger partial charge in [-0.25, -0.2) is 8.42 Å². The number of rotatable bonds is 11. The van der Waals surface area contributed by atoms with E-state index in [2.05, 4.69) is 15.4 Å². The molecule has 2 atom stereocenters. The fourth-order valence-corrected chi connectivity index (χ4v) is 4.27. The number of carbonyl (C=O) groups excluding carboxylic acids is 3. The molecule has 0 aromatic heterocycles. The number of anilines is 1. The van der Waals surface area contributed by atoms with Crippen LogP contribution in [0.15, 0.2) is 53.4 Å². The fraction of sp³-hybridized carbons (Fsp3) is 0.348. The third-order valence-corrected chi connectivity index (χ3v) is 6.26. The molecule has 2 amide bonds. The molecule has 0 fully saturated rings. The summed E-state index contributed by atoms with van der Waals surface area (Å²) in [5.74, 6) is -0.886. The first kappa shape index (κ1) is 26.8. The number of hydrogen-bond donors (Lipinski definition) is 3. The number of benzene rings is 2. The van der Waals surface area contributed by atoms with E-state index in [-0.39, 0.29) is 23.8 Å². The Kier molecular flexibility index (Phi) is 9.58. The van der Waals surface area contributed by atoms with Crippen molar-refractivity contribution in [3.63, 3.8) is 0 Å². The van der Waals surface area contributed by atoms with Gasteiger partial charge in [-0.1, -0.05) is 12.1 Å². The molecule has 184 valence electrons. The van der Waals surface area contributed by atoms with E-state index in [0.717, 1.165) is 0 Å². The number of nitrogens with one attached hydrogen (secondary N) is 3. The van der Waals surface area contributed by atoms with Gasteiger partial charge in [0.2, 0.25) is 21.8 Å². The van der Waals surface area contributed by atoms with Crippen LogP contribution in [0.3, 0.4) is 0 Å². The summed E-state index contributed by atoms with van der Waals surface area (Å²) < 4.78 is 38.0. The third-order valence-electron chi connectivity index (χ3n) is 4.70. The van der Waals surface area contributed by atoms with Crippen molar-refractivity contribution in [3.05, 3.63) is 54.1 Å². The molecular weight excluding hydrogens is 462 g/mol. The average Bonchev–Trinajstić information content (AvgIpc) is 2.78. The van der Waals surface area contributed by atoms with E-state index in [0.29, 0.717) is 17.0 Å². The Hall–Kier alpha value is -3.44. The number of methoxy groups -OCH3 is 1. The van der Waals surface area contributed by atoms with Gasteiger partial charge in [0.25, 0.3) is 0 Å². The van der Waals surface area contributed by atoms with Crippen molar-refractivity contribution in [1.29, 1.82) is 0 Å².